The molecular formula is C24H30Cl2N2O4. The van der Waals surface area contributed by atoms with Gasteiger partial charge in [-0.25, -0.2) is 0 Å². The predicted octanol–water partition coefficient (Wildman–Crippen LogP) is 5.10. The van der Waals surface area contributed by atoms with Crippen molar-refractivity contribution in [2.45, 2.75) is 45.7 Å². The molecule has 0 radical (unpaired) electrons. The van der Waals surface area contributed by atoms with Crippen LogP contribution in [-0.4, -0.2) is 43.0 Å². The Hall–Kier alpha value is -2.44. The Labute approximate surface area is 199 Å². The maximum Gasteiger partial charge on any atom is 0.261 e. The number of carbonyl (C=O) groups is 2. The summed E-state index contributed by atoms with van der Waals surface area (Å²) in [5, 5.41) is 3.78. The van der Waals surface area contributed by atoms with Crippen LogP contribution in [0.2, 0.25) is 10.0 Å². The number of rotatable bonds is 12. The van der Waals surface area contributed by atoms with Crippen LogP contribution in [0.4, 0.5) is 0 Å². The molecule has 0 aromatic heterocycles. The first-order chi connectivity index (χ1) is 15.4. The lowest BCUT2D eigenvalue weighted by Gasteiger charge is -2.31. The molecule has 0 spiro atoms. The predicted molar refractivity (Wildman–Crippen MR) is 127 cm³/mol. The molecule has 8 heteroatoms. The van der Waals surface area contributed by atoms with E-state index < -0.39 is 6.04 Å². The van der Waals surface area contributed by atoms with Gasteiger partial charge in [0.05, 0.1) is 7.11 Å². The Balaban J connectivity index is 2.27. The van der Waals surface area contributed by atoms with Crippen molar-refractivity contribution in [1.82, 2.24) is 10.2 Å². The highest BCUT2D eigenvalue weighted by molar-refractivity contribution is 6.36. The van der Waals surface area contributed by atoms with Crippen LogP contribution in [0.25, 0.3) is 0 Å². The largest absolute Gasteiger partial charge is 0.493 e. The fraction of sp³-hybridized carbons (Fsp3) is 0.417. The van der Waals surface area contributed by atoms with Gasteiger partial charge in [0.2, 0.25) is 5.91 Å². The fourth-order valence-corrected chi connectivity index (χ4v) is 3.76. The molecule has 2 aromatic rings. The van der Waals surface area contributed by atoms with Gasteiger partial charge in [-0.05, 0) is 37.1 Å². The van der Waals surface area contributed by atoms with Crippen LogP contribution < -0.4 is 14.8 Å². The van der Waals surface area contributed by atoms with Crippen molar-refractivity contribution in [3.05, 3.63) is 58.1 Å². The van der Waals surface area contributed by atoms with Gasteiger partial charge in [0.1, 0.15) is 6.04 Å². The second-order valence-electron chi connectivity index (χ2n) is 7.23. The van der Waals surface area contributed by atoms with E-state index >= 15 is 0 Å². The molecule has 6 nitrogen and oxygen atoms in total. The van der Waals surface area contributed by atoms with E-state index in [1.807, 2.05) is 19.9 Å². The van der Waals surface area contributed by atoms with Gasteiger partial charge in [0.15, 0.2) is 18.1 Å². The smallest absolute Gasteiger partial charge is 0.261 e. The van der Waals surface area contributed by atoms with E-state index in [-0.39, 0.29) is 25.0 Å². The SMILES string of the molecule is CCCCNC(=O)[C@H](CC)N(Cc1c(Cl)cccc1Cl)C(=O)COc1ccccc1OC. The van der Waals surface area contributed by atoms with Crippen molar-refractivity contribution < 1.29 is 19.1 Å². The second kappa shape index (κ2) is 13.2. The molecule has 0 aliphatic heterocycles. The van der Waals surface area contributed by atoms with E-state index in [9.17, 15) is 9.59 Å². The molecule has 1 N–H and O–H groups in total. The minimum Gasteiger partial charge on any atom is -0.493 e. The number of methoxy groups -OCH3 is 1. The molecule has 0 saturated heterocycles. The van der Waals surface area contributed by atoms with Crippen LogP contribution in [0.3, 0.4) is 0 Å². The number of hydrogen-bond donors (Lipinski definition) is 1. The molecule has 0 fully saturated rings. The maximum absolute atomic E-state index is 13.3. The first-order valence-corrected chi connectivity index (χ1v) is 11.4. The van der Waals surface area contributed by atoms with Crippen molar-refractivity contribution in [1.29, 1.82) is 0 Å². The lowest BCUT2D eigenvalue weighted by atomic mass is 10.1. The molecule has 32 heavy (non-hydrogen) atoms. The first kappa shape index (κ1) is 25.8. The van der Waals surface area contributed by atoms with E-state index in [2.05, 4.69) is 5.32 Å². The third kappa shape index (κ3) is 7.04. The van der Waals surface area contributed by atoms with Crippen molar-refractivity contribution in [3.8, 4) is 11.5 Å². The molecule has 2 amide bonds. The van der Waals surface area contributed by atoms with Crippen molar-refractivity contribution in [2.24, 2.45) is 0 Å². The van der Waals surface area contributed by atoms with E-state index in [1.165, 1.54) is 12.0 Å². The second-order valence-corrected chi connectivity index (χ2v) is 8.04. The Morgan fingerprint density at radius 1 is 1.03 bits per heavy atom. The van der Waals surface area contributed by atoms with Crippen LogP contribution >= 0.6 is 23.2 Å². The molecule has 2 aromatic carbocycles. The minimum atomic E-state index is -0.687. The Morgan fingerprint density at radius 3 is 2.28 bits per heavy atom. The number of benzene rings is 2. The number of unbranched alkanes of at least 4 members (excludes halogenated alkanes) is 1. The monoisotopic (exact) mass is 480 g/mol. The maximum atomic E-state index is 13.3. The molecular weight excluding hydrogens is 451 g/mol. The van der Waals surface area contributed by atoms with Crippen LogP contribution in [-0.2, 0) is 16.1 Å². The van der Waals surface area contributed by atoms with Gasteiger partial charge in [0, 0.05) is 28.7 Å². The van der Waals surface area contributed by atoms with E-state index in [0.29, 0.717) is 40.1 Å². The summed E-state index contributed by atoms with van der Waals surface area (Å²) in [5.74, 6) is 0.393. The Kier molecular flexibility index (Phi) is 10.6. The number of para-hydroxylation sites is 2. The Morgan fingerprint density at radius 2 is 1.69 bits per heavy atom. The minimum absolute atomic E-state index is 0.0896. The van der Waals surface area contributed by atoms with Gasteiger partial charge >= 0.3 is 0 Å². The number of nitrogens with one attached hydrogen (secondary N) is 1. The summed E-state index contributed by atoms with van der Waals surface area (Å²) in [6.07, 6.45) is 2.26. The zero-order valence-corrected chi connectivity index (χ0v) is 20.2. The molecule has 1 atom stereocenters. The summed E-state index contributed by atoms with van der Waals surface area (Å²) >= 11 is 12.7. The quantitative estimate of drug-likeness (QED) is 0.428. The van der Waals surface area contributed by atoms with Gasteiger partial charge in [-0.2, -0.15) is 0 Å². The summed E-state index contributed by atoms with van der Waals surface area (Å²) in [5.41, 5.74) is 0.585. The summed E-state index contributed by atoms with van der Waals surface area (Å²) in [7, 11) is 1.53. The van der Waals surface area contributed by atoms with Gasteiger partial charge in [-0.15, -0.1) is 0 Å². The van der Waals surface area contributed by atoms with E-state index in [0.717, 1.165) is 12.8 Å². The standard InChI is InChI=1S/C24H30Cl2N2O4/c1-4-6-14-27-24(30)20(5-2)28(15-17-18(25)10-9-11-19(17)26)23(29)16-32-22-13-8-7-12-21(22)31-3/h7-13,20H,4-6,14-16H2,1-3H3,(H,27,30)/t20-/m0/s1. The topological polar surface area (TPSA) is 67.9 Å². The molecule has 0 aliphatic carbocycles. The van der Waals surface area contributed by atoms with Gasteiger partial charge in [0.25, 0.3) is 5.91 Å². The van der Waals surface area contributed by atoms with Crippen molar-refractivity contribution in [3.63, 3.8) is 0 Å². The molecule has 174 valence electrons. The van der Waals surface area contributed by atoms with Crippen molar-refractivity contribution in [2.75, 3.05) is 20.3 Å². The lowest BCUT2D eigenvalue weighted by Crippen LogP contribution is -2.50. The zero-order chi connectivity index (χ0) is 23.5. The van der Waals surface area contributed by atoms with E-state index in [4.69, 9.17) is 32.7 Å². The summed E-state index contributed by atoms with van der Waals surface area (Å²) in [4.78, 5) is 27.6. The third-order valence-electron chi connectivity index (χ3n) is 5.03. The highest BCUT2D eigenvalue weighted by Gasteiger charge is 2.30. The number of halogens is 2. The highest BCUT2D eigenvalue weighted by Crippen LogP contribution is 2.28. The van der Waals surface area contributed by atoms with Crippen molar-refractivity contribution >= 4 is 35.0 Å². The Bertz CT molecular complexity index is 887. The average molecular weight is 481 g/mol. The third-order valence-corrected chi connectivity index (χ3v) is 5.73. The van der Waals surface area contributed by atoms with Crippen LogP contribution in [0.5, 0.6) is 11.5 Å². The van der Waals surface area contributed by atoms with Gasteiger partial charge in [-0.1, -0.05) is 61.7 Å². The molecule has 0 aliphatic rings. The van der Waals surface area contributed by atoms with Crippen LogP contribution in [0, 0.1) is 0 Å². The summed E-state index contributed by atoms with van der Waals surface area (Å²) in [6.45, 7) is 4.29. The molecule has 0 unspecified atom stereocenters. The number of carbonyl (C=O) groups excluding carboxylic acids is 2. The average Bonchev–Trinajstić information content (AvgIpc) is 2.79. The van der Waals surface area contributed by atoms with Crippen LogP contribution in [0.15, 0.2) is 42.5 Å². The first-order valence-electron chi connectivity index (χ1n) is 10.7. The molecule has 0 heterocycles. The molecule has 2 rings (SSSR count). The normalized spacial score (nSPS) is 11.5. The highest BCUT2D eigenvalue weighted by atomic mass is 35.5. The lowest BCUT2D eigenvalue weighted by molar-refractivity contribution is -0.143. The summed E-state index contributed by atoms with van der Waals surface area (Å²) in [6, 6.07) is 11.5. The van der Waals surface area contributed by atoms with Crippen LogP contribution in [0.1, 0.15) is 38.7 Å². The fourth-order valence-electron chi connectivity index (χ4n) is 3.24. The zero-order valence-electron chi connectivity index (χ0n) is 18.7. The number of nitrogens with zero attached hydrogens (tertiary/aromatic N) is 1. The van der Waals surface area contributed by atoms with Gasteiger partial charge in [-0.3, -0.25) is 9.59 Å². The molecule has 0 bridgehead atoms. The molecule has 0 saturated carbocycles. The number of amides is 2. The van der Waals surface area contributed by atoms with E-state index in [1.54, 1.807) is 36.4 Å². The summed E-state index contributed by atoms with van der Waals surface area (Å²) < 4.78 is 11.0. The number of hydrogen-bond acceptors (Lipinski definition) is 4. The van der Waals surface area contributed by atoms with Gasteiger partial charge < -0.3 is 19.7 Å². The number of ether oxygens (including phenoxy) is 2.